The number of carboxylic acids is 1. The van der Waals surface area contributed by atoms with E-state index in [-0.39, 0.29) is 23.1 Å². The first-order chi connectivity index (χ1) is 13.3. The second-order valence-electron chi connectivity index (χ2n) is 7.29. The lowest BCUT2D eigenvalue weighted by molar-refractivity contribution is 0.0690. The average Bonchev–Trinajstić information content (AvgIpc) is 2.66. The summed E-state index contributed by atoms with van der Waals surface area (Å²) in [4.78, 5) is 41.1. The zero-order valence-electron chi connectivity index (χ0n) is 16.6. The highest BCUT2D eigenvalue weighted by Crippen LogP contribution is 2.19. The SMILES string of the molecule is Cc1cc(N2CCN(C(=O)c3ccc(C(=O)O)c(C)n3)CC2)nc(C(C)C)n1. The maximum absolute atomic E-state index is 12.7. The van der Waals surface area contributed by atoms with E-state index in [2.05, 4.69) is 33.7 Å². The first-order valence-corrected chi connectivity index (χ1v) is 9.37. The highest BCUT2D eigenvalue weighted by Gasteiger charge is 2.25. The fourth-order valence-electron chi connectivity index (χ4n) is 3.20. The van der Waals surface area contributed by atoms with E-state index in [1.54, 1.807) is 11.8 Å². The highest BCUT2D eigenvalue weighted by atomic mass is 16.4. The van der Waals surface area contributed by atoms with Crippen LogP contribution in [-0.2, 0) is 0 Å². The van der Waals surface area contributed by atoms with Gasteiger partial charge in [-0.2, -0.15) is 0 Å². The van der Waals surface area contributed by atoms with Crippen LogP contribution < -0.4 is 4.90 Å². The molecule has 28 heavy (non-hydrogen) atoms. The van der Waals surface area contributed by atoms with E-state index in [0.29, 0.717) is 31.9 Å². The summed E-state index contributed by atoms with van der Waals surface area (Å²) < 4.78 is 0. The number of hydrogen-bond donors (Lipinski definition) is 1. The molecular weight excluding hydrogens is 358 g/mol. The van der Waals surface area contributed by atoms with Crippen LogP contribution >= 0.6 is 0 Å². The van der Waals surface area contributed by atoms with Gasteiger partial charge in [-0.25, -0.2) is 19.7 Å². The topological polar surface area (TPSA) is 99.5 Å². The Balaban J connectivity index is 1.69. The van der Waals surface area contributed by atoms with Gasteiger partial charge in [0.1, 0.15) is 17.3 Å². The molecule has 1 amide bonds. The van der Waals surface area contributed by atoms with Crippen LogP contribution in [0.1, 0.15) is 57.8 Å². The Bertz CT molecular complexity index is 905. The number of aryl methyl sites for hydroxylation is 2. The lowest BCUT2D eigenvalue weighted by Gasteiger charge is -2.35. The van der Waals surface area contributed by atoms with E-state index in [1.165, 1.54) is 12.1 Å². The molecule has 0 unspecified atom stereocenters. The summed E-state index contributed by atoms with van der Waals surface area (Å²) in [6.07, 6.45) is 0. The molecule has 8 nitrogen and oxygen atoms in total. The molecule has 0 saturated carbocycles. The summed E-state index contributed by atoms with van der Waals surface area (Å²) in [6.45, 7) is 10.2. The second kappa shape index (κ2) is 7.92. The van der Waals surface area contributed by atoms with E-state index in [1.807, 2.05) is 13.0 Å². The van der Waals surface area contributed by atoms with Crippen molar-refractivity contribution in [3.05, 3.63) is 46.7 Å². The second-order valence-corrected chi connectivity index (χ2v) is 7.29. The zero-order valence-corrected chi connectivity index (χ0v) is 16.6. The number of piperazine rings is 1. The van der Waals surface area contributed by atoms with Gasteiger partial charge in [0.25, 0.3) is 5.91 Å². The van der Waals surface area contributed by atoms with Crippen molar-refractivity contribution in [1.29, 1.82) is 0 Å². The third-order valence-corrected chi connectivity index (χ3v) is 4.80. The number of pyridine rings is 1. The summed E-state index contributed by atoms with van der Waals surface area (Å²) >= 11 is 0. The summed E-state index contributed by atoms with van der Waals surface area (Å²) in [5, 5.41) is 9.10. The molecule has 0 aliphatic carbocycles. The summed E-state index contributed by atoms with van der Waals surface area (Å²) in [7, 11) is 0. The van der Waals surface area contributed by atoms with Crippen molar-refractivity contribution in [3.8, 4) is 0 Å². The van der Waals surface area contributed by atoms with Crippen LogP contribution in [0.5, 0.6) is 0 Å². The molecule has 1 saturated heterocycles. The van der Waals surface area contributed by atoms with Crippen LogP contribution in [0.4, 0.5) is 5.82 Å². The molecule has 0 bridgehead atoms. The van der Waals surface area contributed by atoms with Crippen molar-refractivity contribution in [2.75, 3.05) is 31.1 Å². The number of carboxylic acid groups (broad SMARTS) is 1. The van der Waals surface area contributed by atoms with Crippen molar-refractivity contribution in [1.82, 2.24) is 19.9 Å². The Hall–Kier alpha value is -3.03. The zero-order chi connectivity index (χ0) is 20.4. The van der Waals surface area contributed by atoms with Gasteiger partial charge in [0.2, 0.25) is 0 Å². The first-order valence-electron chi connectivity index (χ1n) is 9.37. The van der Waals surface area contributed by atoms with Crippen molar-refractivity contribution in [3.63, 3.8) is 0 Å². The molecule has 2 aromatic rings. The Morgan fingerprint density at radius 3 is 2.29 bits per heavy atom. The van der Waals surface area contributed by atoms with Gasteiger partial charge in [-0.05, 0) is 26.0 Å². The van der Waals surface area contributed by atoms with E-state index < -0.39 is 5.97 Å². The largest absolute Gasteiger partial charge is 0.478 e. The predicted molar refractivity (Wildman–Crippen MR) is 105 cm³/mol. The van der Waals surface area contributed by atoms with Gasteiger partial charge in [-0.15, -0.1) is 0 Å². The minimum atomic E-state index is -1.04. The number of aromatic carboxylic acids is 1. The van der Waals surface area contributed by atoms with E-state index in [9.17, 15) is 9.59 Å². The highest BCUT2D eigenvalue weighted by molar-refractivity contribution is 5.94. The first kappa shape index (κ1) is 19.7. The van der Waals surface area contributed by atoms with Crippen LogP contribution in [0.2, 0.25) is 0 Å². The van der Waals surface area contributed by atoms with Gasteiger partial charge in [0.05, 0.1) is 11.3 Å². The molecule has 1 aliphatic heterocycles. The lowest BCUT2D eigenvalue weighted by atomic mass is 10.1. The van der Waals surface area contributed by atoms with Crippen LogP contribution in [0, 0.1) is 13.8 Å². The predicted octanol–water partition coefficient (Wildman–Crippen LogP) is 2.27. The Morgan fingerprint density at radius 1 is 1.04 bits per heavy atom. The van der Waals surface area contributed by atoms with Crippen LogP contribution in [0.25, 0.3) is 0 Å². The molecule has 0 aromatic carbocycles. The molecule has 0 atom stereocenters. The quantitative estimate of drug-likeness (QED) is 0.864. The van der Waals surface area contributed by atoms with Gasteiger partial charge < -0.3 is 14.9 Å². The van der Waals surface area contributed by atoms with Crippen LogP contribution in [0.15, 0.2) is 18.2 Å². The van der Waals surface area contributed by atoms with E-state index >= 15 is 0 Å². The van der Waals surface area contributed by atoms with E-state index in [4.69, 9.17) is 5.11 Å². The van der Waals surface area contributed by atoms with Crippen molar-refractivity contribution >= 4 is 17.7 Å². The number of anilines is 1. The van der Waals surface area contributed by atoms with Crippen molar-refractivity contribution < 1.29 is 14.7 Å². The summed E-state index contributed by atoms with van der Waals surface area (Å²) in [5.41, 5.74) is 1.66. The third-order valence-electron chi connectivity index (χ3n) is 4.80. The summed E-state index contributed by atoms with van der Waals surface area (Å²) in [6, 6.07) is 4.89. The number of amides is 1. The molecule has 148 valence electrons. The lowest BCUT2D eigenvalue weighted by Crippen LogP contribution is -2.49. The fraction of sp³-hybridized carbons (Fsp3) is 0.450. The number of carbonyl (C=O) groups is 2. The maximum atomic E-state index is 12.7. The van der Waals surface area contributed by atoms with Gasteiger partial charge in [0, 0.05) is 43.9 Å². The smallest absolute Gasteiger partial charge is 0.337 e. The fourth-order valence-corrected chi connectivity index (χ4v) is 3.20. The minimum Gasteiger partial charge on any atom is -0.478 e. The van der Waals surface area contributed by atoms with Crippen LogP contribution in [0.3, 0.4) is 0 Å². The Kier molecular flexibility index (Phi) is 5.58. The molecule has 8 heteroatoms. The van der Waals surface area contributed by atoms with Crippen molar-refractivity contribution in [2.24, 2.45) is 0 Å². The Morgan fingerprint density at radius 2 is 1.71 bits per heavy atom. The summed E-state index contributed by atoms with van der Waals surface area (Å²) in [5.74, 6) is 0.749. The standard InChI is InChI=1S/C20H25N5O3/c1-12(2)18-21-13(3)11-17(23-18)24-7-9-25(10-8-24)19(26)16-6-5-15(20(27)28)14(4)22-16/h5-6,11-12H,7-10H2,1-4H3,(H,27,28). The molecular formula is C20H25N5O3. The van der Waals surface area contributed by atoms with Gasteiger partial charge in [-0.3, -0.25) is 4.79 Å². The van der Waals surface area contributed by atoms with Crippen LogP contribution in [-0.4, -0.2) is 63.0 Å². The monoisotopic (exact) mass is 383 g/mol. The molecule has 0 radical (unpaired) electrons. The molecule has 2 aromatic heterocycles. The maximum Gasteiger partial charge on any atom is 0.337 e. The third kappa shape index (κ3) is 4.11. The van der Waals surface area contributed by atoms with E-state index in [0.717, 1.165) is 17.3 Å². The number of rotatable bonds is 4. The molecule has 1 fully saturated rings. The normalized spacial score (nSPS) is 14.5. The number of hydrogen-bond acceptors (Lipinski definition) is 6. The minimum absolute atomic E-state index is 0.112. The number of carbonyl (C=O) groups excluding carboxylic acids is 1. The average molecular weight is 383 g/mol. The molecule has 1 aliphatic rings. The van der Waals surface area contributed by atoms with Gasteiger partial charge in [0.15, 0.2) is 0 Å². The number of aromatic nitrogens is 3. The molecule has 1 N–H and O–H groups in total. The number of nitrogens with zero attached hydrogens (tertiary/aromatic N) is 5. The Labute approximate surface area is 164 Å². The molecule has 3 rings (SSSR count). The van der Waals surface area contributed by atoms with Crippen molar-refractivity contribution in [2.45, 2.75) is 33.6 Å². The van der Waals surface area contributed by atoms with Gasteiger partial charge in [-0.1, -0.05) is 13.8 Å². The van der Waals surface area contributed by atoms with Gasteiger partial charge >= 0.3 is 5.97 Å². The molecule has 3 heterocycles. The molecule has 0 spiro atoms.